The van der Waals surface area contributed by atoms with Crippen LogP contribution in [0.3, 0.4) is 0 Å². The van der Waals surface area contributed by atoms with E-state index in [1.807, 2.05) is 0 Å². The largest absolute Gasteiger partial charge is 0.394 e. The topological polar surface area (TPSA) is 140 Å². The summed E-state index contributed by atoms with van der Waals surface area (Å²) in [4.78, 5) is 12.3. The number of imidazole rings is 1. The fraction of sp³-hybridized carbons (Fsp3) is 0.533. The van der Waals surface area contributed by atoms with E-state index in [2.05, 4.69) is 21.5 Å². The predicted octanol–water partition coefficient (Wildman–Crippen LogP) is -0.614. The molecular formula is C15H21N5O4. The Morgan fingerprint density at radius 1 is 1.42 bits per heavy atom. The van der Waals surface area contributed by atoms with Gasteiger partial charge < -0.3 is 25.8 Å². The zero-order valence-electron chi connectivity index (χ0n) is 13.5. The van der Waals surface area contributed by atoms with Crippen LogP contribution in [0.2, 0.25) is 0 Å². The predicted molar refractivity (Wildman–Crippen MR) is 85.7 cm³/mol. The smallest absolute Gasteiger partial charge is 0.185 e. The van der Waals surface area contributed by atoms with E-state index in [1.54, 1.807) is 19.9 Å². The molecule has 1 aliphatic rings. The number of fused-ring (bicyclic) bond motifs is 1. The van der Waals surface area contributed by atoms with Crippen LogP contribution < -0.4 is 5.73 Å². The third-order valence-corrected chi connectivity index (χ3v) is 4.77. The lowest BCUT2D eigenvalue weighted by Crippen LogP contribution is -2.54. The zero-order valence-corrected chi connectivity index (χ0v) is 13.5. The number of anilines is 1. The molecule has 0 spiro atoms. The molecule has 9 nitrogen and oxygen atoms in total. The van der Waals surface area contributed by atoms with Crippen molar-refractivity contribution in [2.75, 3.05) is 12.3 Å². The fourth-order valence-corrected chi connectivity index (χ4v) is 3.24. The number of nitrogens with zero attached hydrogens (tertiary/aromatic N) is 4. The number of aliphatic hydroxyl groups excluding tert-OH is 3. The van der Waals surface area contributed by atoms with Crippen molar-refractivity contribution in [3.63, 3.8) is 0 Å². The van der Waals surface area contributed by atoms with Crippen LogP contribution in [0.15, 0.2) is 25.3 Å². The molecule has 1 aliphatic heterocycles. The number of nitrogen functional groups attached to an aromatic ring is 1. The van der Waals surface area contributed by atoms with Crippen molar-refractivity contribution in [1.29, 1.82) is 0 Å². The molecule has 0 aromatic carbocycles. The van der Waals surface area contributed by atoms with Gasteiger partial charge in [-0.1, -0.05) is 19.9 Å². The SMILES string of the molecule is C=CC(C)(C)[C@@]1(n2cnc3c(N)ncnc32)O[C@H](CO)[C@@H](O)[C@H]1O. The van der Waals surface area contributed by atoms with Gasteiger partial charge in [-0.2, -0.15) is 0 Å². The number of ether oxygens (including phenoxy) is 1. The van der Waals surface area contributed by atoms with Crippen molar-refractivity contribution in [3.8, 4) is 0 Å². The average Bonchev–Trinajstić information content (AvgIpc) is 3.10. The number of hydrogen-bond acceptors (Lipinski definition) is 8. The lowest BCUT2D eigenvalue weighted by atomic mass is 9.77. The van der Waals surface area contributed by atoms with Crippen molar-refractivity contribution in [1.82, 2.24) is 19.5 Å². The van der Waals surface area contributed by atoms with Crippen LogP contribution in [0.25, 0.3) is 11.2 Å². The van der Waals surface area contributed by atoms with E-state index in [4.69, 9.17) is 10.5 Å². The minimum absolute atomic E-state index is 0.192. The van der Waals surface area contributed by atoms with Crippen molar-refractivity contribution in [3.05, 3.63) is 25.3 Å². The molecule has 0 aliphatic carbocycles. The van der Waals surface area contributed by atoms with Gasteiger partial charge in [0, 0.05) is 5.41 Å². The summed E-state index contributed by atoms with van der Waals surface area (Å²) < 4.78 is 7.49. The molecule has 24 heavy (non-hydrogen) atoms. The highest BCUT2D eigenvalue weighted by Crippen LogP contribution is 2.49. The second-order valence-corrected chi connectivity index (χ2v) is 6.44. The quantitative estimate of drug-likeness (QED) is 0.542. The second kappa shape index (κ2) is 5.49. The summed E-state index contributed by atoms with van der Waals surface area (Å²) in [6.07, 6.45) is 0.722. The Morgan fingerprint density at radius 3 is 2.71 bits per heavy atom. The lowest BCUT2D eigenvalue weighted by Gasteiger charge is -2.44. The molecule has 4 atom stereocenters. The van der Waals surface area contributed by atoms with Crippen LogP contribution in [-0.2, 0) is 10.5 Å². The zero-order chi connectivity index (χ0) is 17.7. The van der Waals surface area contributed by atoms with Gasteiger partial charge in [0.05, 0.1) is 12.9 Å². The lowest BCUT2D eigenvalue weighted by molar-refractivity contribution is -0.197. The van der Waals surface area contributed by atoms with Gasteiger partial charge in [-0.25, -0.2) is 15.0 Å². The van der Waals surface area contributed by atoms with E-state index in [-0.39, 0.29) is 5.82 Å². The first-order valence-electron chi connectivity index (χ1n) is 7.52. The van der Waals surface area contributed by atoms with Gasteiger partial charge in [-0.05, 0) is 0 Å². The maximum absolute atomic E-state index is 10.8. The Labute approximate surface area is 138 Å². The van der Waals surface area contributed by atoms with Gasteiger partial charge in [0.25, 0.3) is 0 Å². The molecule has 0 amide bonds. The molecule has 3 heterocycles. The molecule has 1 saturated heterocycles. The Balaban J connectivity index is 2.31. The van der Waals surface area contributed by atoms with Crippen LogP contribution >= 0.6 is 0 Å². The van der Waals surface area contributed by atoms with Crippen molar-refractivity contribution in [2.24, 2.45) is 5.41 Å². The second-order valence-electron chi connectivity index (χ2n) is 6.44. The Hall–Kier alpha value is -2.07. The first-order chi connectivity index (χ1) is 11.3. The van der Waals surface area contributed by atoms with E-state index in [1.165, 1.54) is 17.2 Å². The summed E-state index contributed by atoms with van der Waals surface area (Å²) in [6.45, 7) is 6.96. The van der Waals surface area contributed by atoms with Crippen LogP contribution in [0, 0.1) is 5.41 Å². The van der Waals surface area contributed by atoms with Crippen molar-refractivity contribution in [2.45, 2.75) is 37.9 Å². The van der Waals surface area contributed by atoms with Crippen molar-refractivity contribution >= 4 is 17.0 Å². The number of aliphatic hydroxyl groups is 3. The molecule has 0 unspecified atom stereocenters. The van der Waals surface area contributed by atoms with Gasteiger partial charge in [0.15, 0.2) is 17.2 Å². The molecule has 2 aromatic rings. The third kappa shape index (κ3) is 1.99. The highest BCUT2D eigenvalue weighted by Gasteiger charge is 2.62. The van der Waals surface area contributed by atoms with E-state index in [0.29, 0.717) is 11.2 Å². The van der Waals surface area contributed by atoms with E-state index in [0.717, 1.165) is 0 Å². The van der Waals surface area contributed by atoms with Crippen LogP contribution in [0.1, 0.15) is 13.8 Å². The monoisotopic (exact) mass is 335 g/mol. The molecular weight excluding hydrogens is 314 g/mol. The molecule has 1 fully saturated rings. The molecule has 0 radical (unpaired) electrons. The Morgan fingerprint density at radius 2 is 2.12 bits per heavy atom. The summed E-state index contributed by atoms with van der Waals surface area (Å²) in [7, 11) is 0. The Bertz CT molecular complexity index is 776. The maximum atomic E-state index is 10.8. The van der Waals surface area contributed by atoms with Crippen LogP contribution in [0.5, 0.6) is 0 Å². The number of nitrogens with two attached hydrogens (primary N) is 1. The van der Waals surface area contributed by atoms with E-state index in [9.17, 15) is 15.3 Å². The number of aromatic nitrogens is 4. The molecule has 0 bridgehead atoms. The average molecular weight is 335 g/mol. The standard InChI is InChI=1S/C15H21N5O4/c1-4-14(2,3)15(11(23)10(22)8(5-21)24-15)20-7-19-9-12(16)17-6-18-13(9)20/h4,6-8,10-11,21-23H,1,5H2,2-3H3,(H2,16,17,18)/t8-,10-,11-,15+/m1/s1. The van der Waals surface area contributed by atoms with Crippen molar-refractivity contribution < 1.29 is 20.1 Å². The summed E-state index contributed by atoms with van der Waals surface area (Å²) in [5.74, 6) is 0.192. The van der Waals surface area contributed by atoms with Gasteiger partial charge >= 0.3 is 0 Å². The van der Waals surface area contributed by atoms with Gasteiger partial charge in [0.2, 0.25) is 0 Å². The minimum Gasteiger partial charge on any atom is -0.394 e. The molecule has 5 N–H and O–H groups in total. The highest BCUT2D eigenvalue weighted by molar-refractivity contribution is 5.81. The van der Waals surface area contributed by atoms with Crippen LogP contribution in [-0.4, -0.2) is 59.8 Å². The third-order valence-electron chi connectivity index (χ3n) is 4.77. The molecule has 9 heteroatoms. The number of hydrogen-bond donors (Lipinski definition) is 4. The molecule has 0 saturated carbocycles. The first kappa shape index (κ1) is 16.8. The van der Waals surface area contributed by atoms with Gasteiger partial charge in [-0.15, -0.1) is 6.58 Å². The Kier molecular flexibility index (Phi) is 3.83. The van der Waals surface area contributed by atoms with Crippen LogP contribution in [0.4, 0.5) is 5.82 Å². The van der Waals surface area contributed by atoms with E-state index >= 15 is 0 Å². The maximum Gasteiger partial charge on any atom is 0.185 e. The summed E-state index contributed by atoms with van der Waals surface area (Å²) >= 11 is 0. The van der Waals surface area contributed by atoms with Gasteiger partial charge in [0.1, 0.15) is 30.2 Å². The molecule has 2 aromatic heterocycles. The summed E-state index contributed by atoms with van der Waals surface area (Å²) in [6, 6.07) is 0. The van der Waals surface area contributed by atoms with E-state index < -0.39 is 36.1 Å². The first-order valence-corrected chi connectivity index (χ1v) is 7.52. The summed E-state index contributed by atoms with van der Waals surface area (Å²) in [5, 5.41) is 30.6. The number of rotatable bonds is 4. The minimum atomic E-state index is -1.48. The normalized spacial score (nSPS) is 30.8. The summed E-state index contributed by atoms with van der Waals surface area (Å²) in [5.41, 5.74) is 4.22. The molecule has 130 valence electrons. The fourth-order valence-electron chi connectivity index (χ4n) is 3.24. The molecule has 3 rings (SSSR count). The van der Waals surface area contributed by atoms with Gasteiger partial charge in [-0.3, -0.25) is 4.57 Å². The highest BCUT2D eigenvalue weighted by atomic mass is 16.6.